The minimum atomic E-state index is -3.70. The van der Waals surface area contributed by atoms with E-state index in [9.17, 15) is 13.2 Å². The minimum absolute atomic E-state index is 0.249. The molecule has 0 unspecified atom stereocenters. The van der Waals surface area contributed by atoms with Crippen molar-refractivity contribution in [3.8, 4) is 0 Å². The lowest BCUT2D eigenvalue weighted by Crippen LogP contribution is -2.29. The molecule has 0 spiro atoms. The molecule has 0 bridgehead atoms. The largest absolute Gasteiger partial charge is 0.288 e. The van der Waals surface area contributed by atoms with Crippen LogP contribution in [0.15, 0.2) is 42.5 Å². The first kappa shape index (κ1) is 16.6. The van der Waals surface area contributed by atoms with E-state index in [0.717, 1.165) is 0 Å². The summed E-state index contributed by atoms with van der Waals surface area (Å²) in [5.41, 5.74) is 0.710. The summed E-state index contributed by atoms with van der Waals surface area (Å²) >= 11 is 18.0. The van der Waals surface area contributed by atoms with Gasteiger partial charge in [-0.3, -0.25) is 9.69 Å². The van der Waals surface area contributed by atoms with Gasteiger partial charge in [-0.2, -0.15) is 0 Å². The zero-order chi connectivity index (χ0) is 16.8. The normalized spacial score (nSPS) is 20.0. The van der Waals surface area contributed by atoms with Gasteiger partial charge in [-0.05, 0) is 35.9 Å². The van der Waals surface area contributed by atoms with Crippen molar-refractivity contribution >= 4 is 56.2 Å². The number of amides is 1. The number of carbonyl (C=O) groups excluding carboxylic acids is 1. The van der Waals surface area contributed by atoms with Crippen molar-refractivity contribution in [2.75, 3.05) is 10.7 Å². The number of rotatable bonds is 2. The quantitative estimate of drug-likeness (QED) is 0.775. The van der Waals surface area contributed by atoms with Crippen LogP contribution in [0.3, 0.4) is 0 Å². The first-order valence-corrected chi connectivity index (χ1v) is 9.39. The molecule has 2 aromatic rings. The summed E-state index contributed by atoms with van der Waals surface area (Å²) in [6, 6.07) is 10.9. The van der Waals surface area contributed by atoms with Crippen LogP contribution in [0.4, 0.5) is 5.69 Å². The van der Waals surface area contributed by atoms with Gasteiger partial charge in [0.2, 0.25) is 5.91 Å². The Morgan fingerprint density at radius 2 is 1.57 bits per heavy atom. The number of anilines is 1. The first-order valence-electron chi connectivity index (χ1n) is 6.54. The van der Waals surface area contributed by atoms with Crippen molar-refractivity contribution in [1.82, 2.24) is 0 Å². The number of sulfone groups is 1. The molecule has 1 aliphatic rings. The Bertz CT molecular complexity index is 881. The Kier molecular flexibility index (Phi) is 4.31. The second kappa shape index (κ2) is 5.98. The number of hydrogen-bond acceptors (Lipinski definition) is 3. The second-order valence-corrected chi connectivity index (χ2v) is 8.41. The van der Waals surface area contributed by atoms with Gasteiger partial charge in [0.05, 0.1) is 10.7 Å². The highest BCUT2D eigenvalue weighted by Gasteiger charge is 2.46. The van der Waals surface area contributed by atoms with E-state index in [-0.39, 0.29) is 10.7 Å². The van der Waals surface area contributed by atoms with Crippen LogP contribution in [0.2, 0.25) is 15.1 Å². The predicted molar refractivity (Wildman–Crippen MR) is 91.9 cm³/mol. The van der Waals surface area contributed by atoms with Crippen molar-refractivity contribution in [2.45, 2.75) is 5.37 Å². The molecule has 2 aromatic carbocycles. The molecular formula is C15H10Cl3NO3S. The number of hydrogen-bond donors (Lipinski definition) is 0. The Hall–Kier alpha value is -1.27. The fourth-order valence-electron chi connectivity index (χ4n) is 2.53. The summed E-state index contributed by atoms with van der Waals surface area (Å²) < 4.78 is 24.9. The molecule has 0 aliphatic carbocycles. The zero-order valence-electron chi connectivity index (χ0n) is 11.5. The van der Waals surface area contributed by atoms with E-state index in [0.29, 0.717) is 15.6 Å². The molecule has 1 heterocycles. The van der Waals surface area contributed by atoms with Crippen LogP contribution in [0.1, 0.15) is 10.9 Å². The molecule has 3 rings (SSSR count). The van der Waals surface area contributed by atoms with E-state index in [1.165, 1.54) is 17.0 Å². The van der Waals surface area contributed by atoms with Crippen molar-refractivity contribution < 1.29 is 13.2 Å². The Morgan fingerprint density at radius 1 is 0.957 bits per heavy atom. The molecule has 0 aromatic heterocycles. The van der Waals surface area contributed by atoms with Crippen LogP contribution in [0, 0.1) is 0 Å². The SMILES string of the molecule is O=C1CS(=O)(=O)[C@@H](c2ccc(Cl)cc2)N1c1cc(Cl)ccc1Cl. The van der Waals surface area contributed by atoms with Gasteiger partial charge in [0.1, 0.15) is 5.75 Å². The average molecular weight is 391 g/mol. The Labute approximate surface area is 148 Å². The third kappa shape index (κ3) is 3.06. The van der Waals surface area contributed by atoms with E-state index in [1.807, 2.05) is 0 Å². The molecule has 8 heteroatoms. The highest BCUT2D eigenvalue weighted by molar-refractivity contribution is 7.93. The summed E-state index contributed by atoms with van der Waals surface area (Å²) in [5.74, 6) is -1.13. The lowest BCUT2D eigenvalue weighted by Gasteiger charge is -2.25. The van der Waals surface area contributed by atoms with Crippen LogP contribution >= 0.6 is 34.8 Å². The van der Waals surface area contributed by atoms with Gasteiger partial charge in [-0.1, -0.05) is 46.9 Å². The van der Waals surface area contributed by atoms with Crippen molar-refractivity contribution in [3.63, 3.8) is 0 Å². The van der Waals surface area contributed by atoms with Crippen LogP contribution in [0.25, 0.3) is 0 Å². The predicted octanol–water partition coefficient (Wildman–Crippen LogP) is 4.11. The molecule has 4 nitrogen and oxygen atoms in total. The topological polar surface area (TPSA) is 54.5 Å². The van der Waals surface area contributed by atoms with E-state index < -0.39 is 26.9 Å². The van der Waals surface area contributed by atoms with Crippen molar-refractivity contribution in [1.29, 1.82) is 0 Å². The molecule has 1 atom stereocenters. The maximum atomic E-state index is 12.5. The summed E-state index contributed by atoms with van der Waals surface area (Å²) in [4.78, 5) is 13.5. The summed E-state index contributed by atoms with van der Waals surface area (Å²) in [6.07, 6.45) is 0. The van der Waals surface area contributed by atoms with Crippen molar-refractivity contribution in [2.24, 2.45) is 0 Å². The summed E-state index contributed by atoms with van der Waals surface area (Å²) in [5, 5.41) is -0.0683. The Balaban J connectivity index is 2.18. The van der Waals surface area contributed by atoms with Gasteiger partial charge in [-0.15, -0.1) is 0 Å². The highest BCUT2D eigenvalue weighted by Crippen LogP contribution is 2.41. The molecule has 120 valence electrons. The molecule has 1 saturated heterocycles. The fraction of sp³-hybridized carbons (Fsp3) is 0.133. The van der Waals surface area contributed by atoms with Gasteiger partial charge in [-0.25, -0.2) is 8.42 Å². The monoisotopic (exact) mass is 389 g/mol. The maximum Gasteiger partial charge on any atom is 0.243 e. The van der Waals surface area contributed by atoms with Gasteiger partial charge in [0, 0.05) is 10.0 Å². The number of carbonyl (C=O) groups is 1. The van der Waals surface area contributed by atoms with Gasteiger partial charge in [0.15, 0.2) is 15.2 Å². The molecule has 23 heavy (non-hydrogen) atoms. The van der Waals surface area contributed by atoms with E-state index in [2.05, 4.69) is 0 Å². The standard InChI is InChI=1S/C15H10Cl3NO3S/c16-10-3-1-9(2-4-10)15-19(14(20)8-23(15,21)22)13-7-11(17)5-6-12(13)18/h1-7,15H,8H2/t15-/m0/s1. The fourth-order valence-corrected chi connectivity index (χ4v) is 4.79. The van der Waals surface area contributed by atoms with Gasteiger partial charge >= 0.3 is 0 Å². The van der Waals surface area contributed by atoms with E-state index in [1.54, 1.807) is 30.3 Å². The average Bonchev–Trinajstić information content (AvgIpc) is 2.71. The van der Waals surface area contributed by atoms with E-state index in [4.69, 9.17) is 34.8 Å². The first-order chi connectivity index (χ1) is 10.8. The number of benzene rings is 2. The summed E-state index contributed by atoms with van der Waals surface area (Å²) in [6.45, 7) is 0. The van der Waals surface area contributed by atoms with E-state index >= 15 is 0 Å². The molecule has 0 N–H and O–H groups in total. The lowest BCUT2D eigenvalue weighted by molar-refractivity contribution is -0.115. The molecule has 1 fully saturated rings. The highest BCUT2D eigenvalue weighted by atomic mass is 35.5. The molecular weight excluding hydrogens is 381 g/mol. The molecule has 0 radical (unpaired) electrons. The number of halogens is 3. The maximum absolute atomic E-state index is 12.5. The molecule has 1 aliphatic heterocycles. The van der Waals surface area contributed by atoms with Crippen LogP contribution in [-0.2, 0) is 14.6 Å². The van der Waals surface area contributed by atoms with Crippen LogP contribution < -0.4 is 4.90 Å². The zero-order valence-corrected chi connectivity index (χ0v) is 14.6. The summed E-state index contributed by atoms with van der Waals surface area (Å²) in [7, 11) is -3.70. The van der Waals surface area contributed by atoms with Crippen molar-refractivity contribution in [3.05, 3.63) is 63.1 Å². The van der Waals surface area contributed by atoms with Crippen LogP contribution in [-0.4, -0.2) is 20.1 Å². The van der Waals surface area contributed by atoms with Gasteiger partial charge < -0.3 is 0 Å². The smallest absolute Gasteiger partial charge is 0.243 e. The number of nitrogens with zero attached hydrogens (tertiary/aromatic N) is 1. The lowest BCUT2D eigenvalue weighted by atomic mass is 10.2. The third-order valence-corrected chi connectivity index (χ3v) is 6.11. The second-order valence-electron chi connectivity index (χ2n) is 5.07. The van der Waals surface area contributed by atoms with Crippen LogP contribution in [0.5, 0.6) is 0 Å². The molecule has 1 amide bonds. The Morgan fingerprint density at radius 3 is 2.22 bits per heavy atom. The molecule has 0 saturated carbocycles. The minimum Gasteiger partial charge on any atom is -0.288 e. The third-order valence-electron chi connectivity index (χ3n) is 3.49. The van der Waals surface area contributed by atoms with Gasteiger partial charge in [0.25, 0.3) is 0 Å².